The topological polar surface area (TPSA) is 82.4 Å². The molecule has 0 spiro atoms. The highest BCUT2D eigenvalue weighted by atomic mass is 16.2. The van der Waals surface area contributed by atoms with Gasteiger partial charge >= 0.3 is 0 Å². The highest BCUT2D eigenvalue weighted by molar-refractivity contribution is 5.91. The molecule has 2 atom stereocenters. The van der Waals surface area contributed by atoms with Crippen molar-refractivity contribution in [1.82, 2.24) is 29.5 Å². The molecule has 1 aliphatic heterocycles. The molecule has 0 saturated carbocycles. The largest absolute Gasteiger partial charge is 0.353 e. The van der Waals surface area contributed by atoms with Crippen LogP contribution in [0.25, 0.3) is 27.9 Å². The van der Waals surface area contributed by atoms with Gasteiger partial charge < -0.3 is 14.8 Å². The van der Waals surface area contributed by atoms with Gasteiger partial charge in [-0.2, -0.15) is 5.10 Å². The van der Waals surface area contributed by atoms with Crippen molar-refractivity contribution < 1.29 is 4.79 Å². The second kappa shape index (κ2) is 8.52. The van der Waals surface area contributed by atoms with Crippen LogP contribution >= 0.6 is 0 Å². The van der Waals surface area contributed by atoms with Crippen molar-refractivity contribution >= 4 is 28.4 Å². The van der Waals surface area contributed by atoms with E-state index >= 15 is 0 Å². The van der Waals surface area contributed by atoms with Gasteiger partial charge in [0.15, 0.2) is 5.65 Å². The van der Waals surface area contributed by atoms with E-state index in [9.17, 15) is 4.79 Å². The molecule has 0 bridgehead atoms. The third-order valence-electron chi connectivity index (χ3n) is 7.38. The van der Waals surface area contributed by atoms with E-state index in [2.05, 4.69) is 86.4 Å². The summed E-state index contributed by atoms with van der Waals surface area (Å²) in [5.74, 6) is 1.19. The molecule has 5 heterocycles. The monoisotopic (exact) mass is 471 g/mol. The zero-order valence-corrected chi connectivity index (χ0v) is 21.3. The normalized spacial score (nSPS) is 18.7. The second-order valence-electron chi connectivity index (χ2n) is 10.0. The summed E-state index contributed by atoms with van der Waals surface area (Å²) in [6.07, 6.45) is 5.06. The van der Waals surface area contributed by atoms with Crippen molar-refractivity contribution in [1.29, 1.82) is 0 Å². The number of fused-ring (bicyclic) bond motifs is 2. The molecular formula is C27H33N7O. The summed E-state index contributed by atoms with van der Waals surface area (Å²) < 4.78 is 1.85. The molecule has 0 aromatic carbocycles. The third-order valence-corrected chi connectivity index (χ3v) is 7.38. The molecular weight excluding hydrogens is 438 g/mol. The molecule has 1 fully saturated rings. The number of H-pyrrole nitrogens is 1. The lowest BCUT2D eigenvalue weighted by atomic mass is 9.95. The molecule has 4 aromatic heterocycles. The zero-order valence-electron chi connectivity index (χ0n) is 21.3. The van der Waals surface area contributed by atoms with E-state index < -0.39 is 0 Å². The molecule has 1 amide bonds. The fraction of sp³-hybridized carbons (Fsp3) is 0.407. The van der Waals surface area contributed by atoms with Crippen LogP contribution in [-0.4, -0.2) is 60.5 Å². The number of carbonyl (C=O) groups excluding carboxylic acids is 1. The van der Waals surface area contributed by atoms with E-state index in [1.54, 1.807) is 6.33 Å². The van der Waals surface area contributed by atoms with Gasteiger partial charge in [-0.25, -0.2) is 14.5 Å². The van der Waals surface area contributed by atoms with E-state index in [0.717, 1.165) is 45.9 Å². The number of aryl methyl sites for hydroxylation is 1. The smallest absolute Gasteiger partial charge is 0.246 e. The van der Waals surface area contributed by atoms with Gasteiger partial charge in [0, 0.05) is 42.5 Å². The van der Waals surface area contributed by atoms with Gasteiger partial charge in [-0.05, 0) is 62.9 Å². The molecule has 0 unspecified atom stereocenters. The highest BCUT2D eigenvalue weighted by Gasteiger charge is 2.32. The minimum absolute atomic E-state index is 0.0141. The van der Waals surface area contributed by atoms with E-state index in [1.165, 1.54) is 17.2 Å². The quantitative estimate of drug-likeness (QED) is 0.439. The Bertz CT molecular complexity index is 1450. The van der Waals surface area contributed by atoms with E-state index in [4.69, 9.17) is 4.98 Å². The Hall–Kier alpha value is -3.68. The summed E-state index contributed by atoms with van der Waals surface area (Å²) in [5, 5.41) is 4.39. The Morgan fingerprint density at radius 3 is 2.66 bits per heavy atom. The Labute approximate surface area is 205 Å². The number of amides is 1. The Balaban J connectivity index is 1.61. The lowest BCUT2D eigenvalue weighted by Crippen LogP contribution is -2.58. The number of anilines is 1. The van der Waals surface area contributed by atoms with Crippen LogP contribution in [0.5, 0.6) is 0 Å². The number of aromatic amines is 1. The second-order valence-corrected chi connectivity index (χ2v) is 10.0. The number of rotatable bonds is 4. The van der Waals surface area contributed by atoms with Gasteiger partial charge in [-0.3, -0.25) is 4.79 Å². The highest BCUT2D eigenvalue weighted by Crippen LogP contribution is 2.38. The molecule has 8 heteroatoms. The van der Waals surface area contributed by atoms with Crippen molar-refractivity contribution in [2.24, 2.45) is 0 Å². The summed E-state index contributed by atoms with van der Waals surface area (Å²) in [6, 6.07) is 4.45. The lowest BCUT2D eigenvalue weighted by molar-refractivity contribution is -0.128. The fourth-order valence-electron chi connectivity index (χ4n) is 5.33. The van der Waals surface area contributed by atoms with Crippen molar-refractivity contribution in [2.45, 2.75) is 59.5 Å². The SMILES string of the molecule is C=CC(=O)N1C[C@H](C)N(c2ccc3[nH]c(-c4cn5ncnc5c(C)c4C)c(C(C)C)c3n2)C[C@H]1C. The van der Waals surface area contributed by atoms with Crippen molar-refractivity contribution in [3.63, 3.8) is 0 Å². The van der Waals surface area contributed by atoms with Gasteiger partial charge in [0.05, 0.1) is 16.7 Å². The van der Waals surface area contributed by atoms with E-state index in [1.807, 2.05) is 9.42 Å². The van der Waals surface area contributed by atoms with E-state index in [0.29, 0.717) is 6.54 Å². The Kier molecular flexibility index (Phi) is 5.62. The number of carbonyl (C=O) groups is 1. The average molecular weight is 472 g/mol. The van der Waals surface area contributed by atoms with Gasteiger partial charge in [0.1, 0.15) is 12.1 Å². The maximum Gasteiger partial charge on any atom is 0.246 e. The summed E-state index contributed by atoms with van der Waals surface area (Å²) >= 11 is 0. The molecule has 182 valence electrons. The molecule has 8 nitrogen and oxygen atoms in total. The number of hydrogen-bond donors (Lipinski definition) is 1. The number of aromatic nitrogens is 5. The first-order valence-corrected chi connectivity index (χ1v) is 12.2. The molecule has 1 aliphatic rings. The summed E-state index contributed by atoms with van der Waals surface area (Å²) in [7, 11) is 0. The molecule has 0 radical (unpaired) electrons. The molecule has 1 N–H and O–H groups in total. The standard InChI is InChI=1S/C27H33N7O/c1-8-23(35)33-12-16(4)32(11-17(33)5)22-10-9-21-26(31-22)24(15(2)3)25(30-21)20-13-34-27(28-14-29-34)19(7)18(20)6/h8-10,13-17,30H,1,11-12H2,2-7H3/t16-,17+/m0/s1. The predicted molar refractivity (Wildman–Crippen MR) is 140 cm³/mol. The van der Waals surface area contributed by atoms with Crippen LogP contribution in [0.1, 0.15) is 50.3 Å². The van der Waals surface area contributed by atoms with Gasteiger partial charge in [0.25, 0.3) is 0 Å². The minimum Gasteiger partial charge on any atom is -0.353 e. The molecule has 0 aliphatic carbocycles. The van der Waals surface area contributed by atoms with Gasteiger partial charge in [0.2, 0.25) is 5.91 Å². The fourth-order valence-corrected chi connectivity index (χ4v) is 5.33. The molecule has 35 heavy (non-hydrogen) atoms. The molecule has 4 aromatic rings. The van der Waals surface area contributed by atoms with Crippen molar-refractivity contribution in [2.75, 3.05) is 18.0 Å². The van der Waals surface area contributed by atoms with E-state index in [-0.39, 0.29) is 23.9 Å². The van der Waals surface area contributed by atoms with Crippen LogP contribution in [0.4, 0.5) is 5.82 Å². The van der Waals surface area contributed by atoms with Gasteiger partial charge in [-0.1, -0.05) is 20.4 Å². The first kappa shape index (κ1) is 23.1. The Morgan fingerprint density at radius 2 is 1.94 bits per heavy atom. The minimum atomic E-state index is -0.0141. The van der Waals surface area contributed by atoms with Crippen LogP contribution in [0.2, 0.25) is 0 Å². The number of piperazine rings is 1. The molecule has 5 rings (SSSR count). The Morgan fingerprint density at radius 1 is 1.17 bits per heavy atom. The van der Waals surface area contributed by atoms with Crippen LogP contribution in [0.15, 0.2) is 37.3 Å². The zero-order chi connectivity index (χ0) is 25.0. The van der Waals surface area contributed by atoms with Crippen LogP contribution < -0.4 is 4.90 Å². The maximum absolute atomic E-state index is 12.3. The first-order valence-electron chi connectivity index (χ1n) is 12.2. The number of nitrogens with zero attached hydrogens (tertiary/aromatic N) is 6. The number of pyridine rings is 2. The summed E-state index contributed by atoms with van der Waals surface area (Å²) in [5.41, 5.74) is 8.59. The maximum atomic E-state index is 12.3. The predicted octanol–water partition coefficient (Wildman–Crippen LogP) is 4.62. The van der Waals surface area contributed by atoms with Crippen molar-refractivity contribution in [3.05, 3.63) is 54.0 Å². The summed E-state index contributed by atoms with van der Waals surface area (Å²) in [4.78, 5) is 29.7. The summed E-state index contributed by atoms with van der Waals surface area (Å²) in [6.45, 7) is 17.9. The molecule has 1 saturated heterocycles. The van der Waals surface area contributed by atoms with Crippen LogP contribution in [0.3, 0.4) is 0 Å². The average Bonchev–Trinajstić information content (AvgIpc) is 3.46. The van der Waals surface area contributed by atoms with Crippen LogP contribution in [0, 0.1) is 13.8 Å². The van der Waals surface area contributed by atoms with Crippen LogP contribution in [-0.2, 0) is 4.79 Å². The number of nitrogens with one attached hydrogen (secondary N) is 1. The third kappa shape index (κ3) is 3.68. The van der Waals surface area contributed by atoms with Gasteiger partial charge in [-0.15, -0.1) is 0 Å². The first-order chi connectivity index (χ1) is 16.7. The number of hydrogen-bond acceptors (Lipinski definition) is 5. The van der Waals surface area contributed by atoms with Crippen molar-refractivity contribution in [3.8, 4) is 11.3 Å². The lowest BCUT2D eigenvalue weighted by Gasteiger charge is -2.44.